The maximum absolute atomic E-state index is 9.50. The highest BCUT2D eigenvalue weighted by atomic mass is 16.3. The zero-order valence-electron chi connectivity index (χ0n) is 10.5. The predicted molar refractivity (Wildman–Crippen MR) is 69.9 cm³/mol. The molecule has 1 fully saturated rings. The van der Waals surface area contributed by atoms with Crippen molar-refractivity contribution in [3.8, 4) is 0 Å². The molecule has 0 aromatic heterocycles. The van der Waals surface area contributed by atoms with Gasteiger partial charge in [0, 0.05) is 12.6 Å². The van der Waals surface area contributed by atoms with E-state index in [4.69, 9.17) is 0 Å². The third-order valence-electron chi connectivity index (χ3n) is 3.45. The molecule has 1 heterocycles. The van der Waals surface area contributed by atoms with Crippen LogP contribution in [0.15, 0.2) is 30.3 Å². The number of likely N-dealkylation sites (tertiary alicyclic amines) is 1. The lowest BCUT2D eigenvalue weighted by Crippen LogP contribution is -2.45. The van der Waals surface area contributed by atoms with E-state index in [9.17, 15) is 5.11 Å². The van der Waals surface area contributed by atoms with Crippen molar-refractivity contribution in [2.45, 2.75) is 24.9 Å². The zero-order chi connectivity index (χ0) is 12.1. The van der Waals surface area contributed by atoms with Crippen molar-refractivity contribution in [2.24, 2.45) is 0 Å². The van der Waals surface area contributed by atoms with E-state index in [1.54, 1.807) is 0 Å². The third kappa shape index (κ3) is 3.53. The second-order valence-corrected chi connectivity index (χ2v) is 4.91. The minimum absolute atomic E-state index is 0.0627. The molecule has 2 rings (SSSR count). The summed E-state index contributed by atoms with van der Waals surface area (Å²) < 4.78 is 0. The molecular weight excluding hydrogens is 212 g/mol. The number of piperidine rings is 1. The van der Waals surface area contributed by atoms with E-state index in [0.717, 1.165) is 6.54 Å². The summed E-state index contributed by atoms with van der Waals surface area (Å²) in [7, 11) is 2.16. The Balaban J connectivity index is 1.95. The third-order valence-corrected chi connectivity index (χ3v) is 3.45. The van der Waals surface area contributed by atoms with Crippen LogP contribution in [0.25, 0.3) is 0 Å². The number of aliphatic hydroxyl groups is 1. The van der Waals surface area contributed by atoms with Crippen LogP contribution in [0.4, 0.5) is 0 Å². The van der Waals surface area contributed by atoms with Crippen molar-refractivity contribution in [3.63, 3.8) is 0 Å². The molecule has 94 valence electrons. The van der Waals surface area contributed by atoms with Crippen LogP contribution < -0.4 is 5.32 Å². The van der Waals surface area contributed by atoms with Crippen molar-refractivity contribution < 1.29 is 5.11 Å². The Morgan fingerprint density at radius 2 is 2.18 bits per heavy atom. The summed E-state index contributed by atoms with van der Waals surface area (Å²) in [6.45, 7) is 2.42. The van der Waals surface area contributed by atoms with E-state index in [1.807, 2.05) is 18.2 Å². The standard InChI is InChI=1S/C14H22N2O/c1-16-9-5-8-13(10-16)15-14(11-17)12-6-3-2-4-7-12/h2-4,6-7,13-15,17H,5,8-11H2,1H3/t13?,14-/m0/s1. The Hall–Kier alpha value is -0.900. The van der Waals surface area contributed by atoms with Gasteiger partial charge in [0.25, 0.3) is 0 Å². The molecule has 0 radical (unpaired) electrons. The van der Waals surface area contributed by atoms with E-state index in [0.29, 0.717) is 6.04 Å². The highest BCUT2D eigenvalue weighted by Crippen LogP contribution is 2.16. The number of nitrogens with zero attached hydrogens (tertiary/aromatic N) is 1. The van der Waals surface area contributed by atoms with Crippen molar-refractivity contribution >= 4 is 0 Å². The summed E-state index contributed by atoms with van der Waals surface area (Å²) >= 11 is 0. The summed E-state index contributed by atoms with van der Waals surface area (Å²) in [6, 6.07) is 10.7. The zero-order valence-corrected chi connectivity index (χ0v) is 10.5. The second-order valence-electron chi connectivity index (χ2n) is 4.91. The number of hydrogen-bond acceptors (Lipinski definition) is 3. The second kappa shape index (κ2) is 6.15. The van der Waals surface area contributed by atoms with E-state index in [2.05, 4.69) is 29.4 Å². The quantitative estimate of drug-likeness (QED) is 0.826. The molecule has 17 heavy (non-hydrogen) atoms. The smallest absolute Gasteiger partial charge is 0.0626 e. The molecule has 1 aromatic carbocycles. The van der Waals surface area contributed by atoms with Crippen LogP contribution in [0.5, 0.6) is 0 Å². The monoisotopic (exact) mass is 234 g/mol. The van der Waals surface area contributed by atoms with Crippen LogP contribution in [-0.4, -0.2) is 42.8 Å². The van der Waals surface area contributed by atoms with Crippen molar-refractivity contribution in [2.75, 3.05) is 26.7 Å². The largest absolute Gasteiger partial charge is 0.394 e. The summed E-state index contributed by atoms with van der Waals surface area (Å²) in [4.78, 5) is 2.35. The average Bonchev–Trinajstić information content (AvgIpc) is 2.37. The van der Waals surface area contributed by atoms with Gasteiger partial charge < -0.3 is 15.3 Å². The lowest BCUT2D eigenvalue weighted by Gasteiger charge is -2.33. The van der Waals surface area contributed by atoms with Gasteiger partial charge in [-0.3, -0.25) is 0 Å². The molecule has 0 bridgehead atoms. The number of nitrogens with one attached hydrogen (secondary N) is 1. The molecule has 3 heteroatoms. The fraction of sp³-hybridized carbons (Fsp3) is 0.571. The number of aliphatic hydroxyl groups excluding tert-OH is 1. The van der Waals surface area contributed by atoms with Gasteiger partial charge in [0.2, 0.25) is 0 Å². The normalized spacial score (nSPS) is 23.5. The molecule has 0 amide bonds. The molecule has 0 aliphatic carbocycles. The summed E-state index contributed by atoms with van der Waals surface area (Å²) in [6.07, 6.45) is 2.44. The Morgan fingerprint density at radius 3 is 2.82 bits per heavy atom. The van der Waals surface area contributed by atoms with Crippen LogP contribution >= 0.6 is 0 Å². The lowest BCUT2D eigenvalue weighted by molar-refractivity contribution is 0.184. The summed E-state index contributed by atoms with van der Waals surface area (Å²) in [5.74, 6) is 0. The molecule has 1 saturated heterocycles. The van der Waals surface area contributed by atoms with E-state index in [1.165, 1.54) is 24.9 Å². The topological polar surface area (TPSA) is 35.5 Å². The first kappa shape index (κ1) is 12.6. The fourth-order valence-corrected chi connectivity index (χ4v) is 2.53. The van der Waals surface area contributed by atoms with Crippen LogP contribution in [0.3, 0.4) is 0 Å². The van der Waals surface area contributed by atoms with Crippen molar-refractivity contribution in [1.82, 2.24) is 10.2 Å². The van der Waals surface area contributed by atoms with Gasteiger partial charge in [-0.1, -0.05) is 30.3 Å². The molecular formula is C14H22N2O. The molecule has 0 spiro atoms. The van der Waals surface area contributed by atoms with Gasteiger partial charge >= 0.3 is 0 Å². The van der Waals surface area contributed by atoms with Crippen LogP contribution in [0.2, 0.25) is 0 Å². The number of hydrogen-bond donors (Lipinski definition) is 2. The number of benzene rings is 1. The van der Waals surface area contributed by atoms with Gasteiger partial charge in [0.15, 0.2) is 0 Å². The van der Waals surface area contributed by atoms with E-state index < -0.39 is 0 Å². The van der Waals surface area contributed by atoms with Gasteiger partial charge in [0.1, 0.15) is 0 Å². The van der Waals surface area contributed by atoms with Crippen LogP contribution in [-0.2, 0) is 0 Å². The van der Waals surface area contributed by atoms with Crippen molar-refractivity contribution in [1.29, 1.82) is 0 Å². The number of likely N-dealkylation sites (N-methyl/N-ethyl adjacent to an activating group) is 1. The van der Waals surface area contributed by atoms with Crippen molar-refractivity contribution in [3.05, 3.63) is 35.9 Å². The maximum Gasteiger partial charge on any atom is 0.0626 e. The SMILES string of the molecule is CN1CCCC(N[C@@H](CO)c2ccccc2)C1. The Morgan fingerprint density at radius 1 is 1.41 bits per heavy atom. The van der Waals surface area contributed by atoms with Gasteiger partial charge in [-0.05, 0) is 32.0 Å². The first-order valence-corrected chi connectivity index (χ1v) is 6.40. The average molecular weight is 234 g/mol. The molecule has 1 aliphatic rings. The van der Waals surface area contributed by atoms with Crippen LogP contribution in [0.1, 0.15) is 24.4 Å². The Labute approximate surface area is 103 Å². The maximum atomic E-state index is 9.50. The van der Waals surface area contributed by atoms with Gasteiger partial charge in [-0.15, -0.1) is 0 Å². The highest BCUT2D eigenvalue weighted by Gasteiger charge is 2.20. The Kier molecular flexibility index (Phi) is 4.54. The van der Waals surface area contributed by atoms with Crippen LogP contribution in [0, 0.1) is 0 Å². The fourth-order valence-electron chi connectivity index (χ4n) is 2.53. The molecule has 3 nitrogen and oxygen atoms in total. The van der Waals surface area contributed by atoms with Gasteiger partial charge in [0.05, 0.1) is 12.6 Å². The Bertz CT molecular complexity index is 328. The molecule has 1 aliphatic heterocycles. The lowest BCUT2D eigenvalue weighted by atomic mass is 10.0. The molecule has 1 aromatic rings. The minimum atomic E-state index is 0.0627. The summed E-state index contributed by atoms with van der Waals surface area (Å²) in [5.41, 5.74) is 1.17. The minimum Gasteiger partial charge on any atom is -0.394 e. The van der Waals surface area contributed by atoms with Gasteiger partial charge in [-0.2, -0.15) is 0 Å². The molecule has 2 N–H and O–H groups in total. The van der Waals surface area contributed by atoms with E-state index >= 15 is 0 Å². The first-order chi connectivity index (χ1) is 8.29. The van der Waals surface area contributed by atoms with E-state index in [-0.39, 0.29) is 12.6 Å². The molecule has 0 saturated carbocycles. The molecule has 2 atom stereocenters. The first-order valence-electron chi connectivity index (χ1n) is 6.40. The van der Waals surface area contributed by atoms with Gasteiger partial charge in [-0.25, -0.2) is 0 Å². The number of rotatable bonds is 4. The molecule has 1 unspecified atom stereocenters. The predicted octanol–water partition coefficient (Wildman–Crippen LogP) is 1.40. The highest BCUT2D eigenvalue weighted by molar-refractivity contribution is 5.19. The summed E-state index contributed by atoms with van der Waals surface area (Å²) in [5, 5.41) is 13.1.